The summed E-state index contributed by atoms with van der Waals surface area (Å²) >= 11 is 0. The summed E-state index contributed by atoms with van der Waals surface area (Å²) in [4.78, 5) is 0. The maximum absolute atomic E-state index is 14.0. The Hall–Kier alpha value is -1.45. The SMILES string of the molecule is C[C@@H](N[S@](=O)C(C)(C)C)c1cc(F)cc2c1O[C@](C)(CC#N)C2. The molecule has 0 radical (unpaired) electrons. The van der Waals surface area contributed by atoms with Crippen molar-refractivity contribution in [1.29, 1.82) is 5.26 Å². The van der Waals surface area contributed by atoms with E-state index in [0.717, 1.165) is 5.56 Å². The summed E-state index contributed by atoms with van der Waals surface area (Å²) in [5.74, 6) is 0.258. The van der Waals surface area contributed by atoms with Gasteiger partial charge in [-0.3, -0.25) is 0 Å². The first kappa shape index (κ1) is 17.9. The fourth-order valence-corrected chi connectivity index (χ4v) is 3.40. The fraction of sp³-hybridized carbons (Fsp3) is 0.588. The number of fused-ring (bicyclic) bond motifs is 1. The molecule has 1 heterocycles. The van der Waals surface area contributed by atoms with Gasteiger partial charge < -0.3 is 4.74 Å². The highest BCUT2D eigenvalue weighted by Crippen LogP contribution is 2.42. The van der Waals surface area contributed by atoms with E-state index in [1.165, 1.54) is 12.1 Å². The number of hydrogen-bond acceptors (Lipinski definition) is 3. The summed E-state index contributed by atoms with van der Waals surface area (Å²) in [6.45, 7) is 9.31. The quantitative estimate of drug-likeness (QED) is 0.913. The minimum atomic E-state index is -1.27. The molecule has 0 spiro atoms. The fourth-order valence-electron chi connectivity index (χ4n) is 2.60. The van der Waals surface area contributed by atoms with Crippen molar-refractivity contribution in [2.24, 2.45) is 0 Å². The number of hydrogen-bond donors (Lipinski definition) is 1. The Morgan fingerprint density at radius 3 is 2.74 bits per heavy atom. The van der Waals surface area contributed by atoms with E-state index in [4.69, 9.17) is 10.00 Å². The van der Waals surface area contributed by atoms with Crippen molar-refractivity contribution in [3.05, 3.63) is 29.1 Å². The molecule has 4 nitrogen and oxygen atoms in total. The van der Waals surface area contributed by atoms with Gasteiger partial charge in [-0.05, 0) is 46.8 Å². The van der Waals surface area contributed by atoms with Gasteiger partial charge in [0.2, 0.25) is 0 Å². The molecule has 126 valence electrons. The summed E-state index contributed by atoms with van der Waals surface area (Å²) in [5.41, 5.74) is 0.759. The first-order valence-electron chi connectivity index (χ1n) is 7.62. The van der Waals surface area contributed by atoms with Crippen molar-refractivity contribution in [3.8, 4) is 11.8 Å². The maximum atomic E-state index is 14.0. The predicted octanol–water partition coefficient (Wildman–Crippen LogP) is 3.55. The van der Waals surface area contributed by atoms with Crippen molar-refractivity contribution < 1.29 is 13.3 Å². The molecule has 1 aromatic carbocycles. The number of halogens is 1. The molecule has 0 amide bonds. The van der Waals surface area contributed by atoms with Crippen LogP contribution in [0.25, 0.3) is 0 Å². The number of benzene rings is 1. The van der Waals surface area contributed by atoms with Gasteiger partial charge in [0.15, 0.2) is 0 Å². The second kappa shape index (κ2) is 6.21. The highest BCUT2D eigenvalue weighted by atomic mass is 32.2. The Labute approximate surface area is 139 Å². The standard InChI is InChI=1S/C17H23FN2O2S/c1-11(20-23(21)16(2,3)4)14-9-13(18)8-12-10-17(5,6-7-19)22-15(12)14/h8-9,11,20H,6,10H2,1-5H3/t11-,17-,23-/m1/s1. The molecular formula is C17H23FN2O2S. The third-order valence-electron chi connectivity index (χ3n) is 3.83. The largest absolute Gasteiger partial charge is 0.486 e. The number of nitriles is 1. The minimum Gasteiger partial charge on any atom is -0.486 e. The molecule has 3 atom stereocenters. The van der Waals surface area contributed by atoms with Crippen molar-refractivity contribution in [1.82, 2.24) is 4.72 Å². The van der Waals surface area contributed by atoms with Gasteiger partial charge >= 0.3 is 0 Å². The smallest absolute Gasteiger partial charge is 0.128 e. The molecule has 23 heavy (non-hydrogen) atoms. The molecule has 2 rings (SSSR count). The van der Waals surface area contributed by atoms with Gasteiger partial charge in [-0.2, -0.15) is 5.26 Å². The van der Waals surface area contributed by atoms with E-state index in [1.54, 1.807) is 0 Å². The van der Waals surface area contributed by atoms with Gasteiger partial charge in [0.05, 0.1) is 28.2 Å². The van der Waals surface area contributed by atoms with Gasteiger partial charge in [-0.15, -0.1) is 0 Å². The Bertz CT molecular complexity index is 678. The molecular weight excluding hydrogens is 315 g/mol. The molecule has 6 heteroatoms. The third kappa shape index (κ3) is 3.91. The predicted molar refractivity (Wildman–Crippen MR) is 88.8 cm³/mol. The van der Waals surface area contributed by atoms with E-state index in [9.17, 15) is 8.60 Å². The number of ether oxygens (including phenoxy) is 1. The van der Waals surface area contributed by atoms with Crippen LogP contribution in [0.3, 0.4) is 0 Å². The van der Waals surface area contributed by atoms with Crippen LogP contribution in [0, 0.1) is 17.1 Å². The molecule has 0 fully saturated rings. The average Bonchev–Trinajstić information content (AvgIpc) is 2.72. The Kier molecular flexibility index (Phi) is 4.84. The molecule has 1 N–H and O–H groups in total. The van der Waals surface area contributed by atoms with E-state index >= 15 is 0 Å². The number of nitrogens with one attached hydrogen (secondary N) is 1. The second-order valence-corrected chi connectivity index (χ2v) is 9.27. The number of nitrogens with zero attached hydrogens (tertiary/aromatic N) is 1. The third-order valence-corrected chi connectivity index (χ3v) is 5.51. The second-order valence-electron chi connectivity index (χ2n) is 7.27. The van der Waals surface area contributed by atoms with Crippen LogP contribution in [0.15, 0.2) is 12.1 Å². The van der Waals surface area contributed by atoms with Gasteiger partial charge in [-0.1, -0.05) is 0 Å². The van der Waals surface area contributed by atoms with E-state index in [1.807, 2.05) is 34.6 Å². The topological polar surface area (TPSA) is 62.1 Å². The van der Waals surface area contributed by atoms with Crippen LogP contribution in [0.1, 0.15) is 58.2 Å². The normalized spacial score (nSPS) is 22.8. The molecule has 0 unspecified atom stereocenters. The molecule has 1 aliphatic rings. The molecule has 0 bridgehead atoms. The minimum absolute atomic E-state index is 0.235. The maximum Gasteiger partial charge on any atom is 0.128 e. The van der Waals surface area contributed by atoms with Gasteiger partial charge in [-0.25, -0.2) is 13.3 Å². The van der Waals surface area contributed by atoms with Crippen molar-refractivity contribution >= 4 is 11.0 Å². The van der Waals surface area contributed by atoms with Crippen LogP contribution in [-0.4, -0.2) is 14.6 Å². The van der Waals surface area contributed by atoms with Crippen LogP contribution in [0.5, 0.6) is 5.75 Å². The van der Waals surface area contributed by atoms with Crippen LogP contribution >= 0.6 is 0 Å². The van der Waals surface area contributed by atoms with Gasteiger partial charge in [0.1, 0.15) is 17.2 Å². The van der Waals surface area contributed by atoms with Crippen molar-refractivity contribution in [3.63, 3.8) is 0 Å². The number of rotatable bonds is 4. The van der Waals surface area contributed by atoms with E-state index < -0.39 is 21.3 Å². The molecule has 1 aromatic rings. The van der Waals surface area contributed by atoms with Crippen LogP contribution in [-0.2, 0) is 17.4 Å². The molecule has 1 aliphatic heterocycles. The molecule has 0 aromatic heterocycles. The zero-order valence-electron chi connectivity index (χ0n) is 14.2. The lowest BCUT2D eigenvalue weighted by Gasteiger charge is -2.25. The van der Waals surface area contributed by atoms with Crippen LogP contribution < -0.4 is 9.46 Å². The van der Waals surface area contributed by atoms with E-state index in [0.29, 0.717) is 17.7 Å². The van der Waals surface area contributed by atoms with Crippen LogP contribution in [0.4, 0.5) is 4.39 Å². The lowest BCUT2D eigenvalue weighted by Crippen LogP contribution is -2.35. The lowest BCUT2D eigenvalue weighted by atomic mass is 9.95. The monoisotopic (exact) mass is 338 g/mol. The Balaban J connectivity index is 2.32. The highest BCUT2D eigenvalue weighted by Gasteiger charge is 2.37. The molecule has 0 aliphatic carbocycles. The highest BCUT2D eigenvalue weighted by molar-refractivity contribution is 7.84. The summed E-state index contributed by atoms with van der Waals surface area (Å²) in [6.07, 6.45) is 0.730. The Morgan fingerprint density at radius 1 is 1.52 bits per heavy atom. The Morgan fingerprint density at radius 2 is 2.17 bits per heavy atom. The summed E-state index contributed by atoms with van der Waals surface area (Å²) in [5, 5.41) is 8.96. The average molecular weight is 338 g/mol. The zero-order chi connectivity index (χ0) is 17.4. The van der Waals surface area contributed by atoms with Crippen LogP contribution in [0.2, 0.25) is 0 Å². The summed E-state index contributed by atoms with van der Waals surface area (Å²) in [6, 6.07) is 4.65. The van der Waals surface area contributed by atoms with Gasteiger partial charge in [0.25, 0.3) is 0 Å². The first-order valence-corrected chi connectivity index (χ1v) is 8.77. The molecule has 0 saturated heterocycles. The lowest BCUT2D eigenvalue weighted by molar-refractivity contribution is 0.120. The van der Waals surface area contributed by atoms with Gasteiger partial charge in [0, 0.05) is 23.6 Å². The van der Waals surface area contributed by atoms with Crippen molar-refractivity contribution in [2.75, 3.05) is 0 Å². The summed E-state index contributed by atoms with van der Waals surface area (Å²) < 4.78 is 34.8. The molecule has 0 saturated carbocycles. The first-order chi connectivity index (χ1) is 10.6. The van der Waals surface area contributed by atoms with Crippen molar-refractivity contribution in [2.45, 2.75) is 63.9 Å². The zero-order valence-corrected chi connectivity index (χ0v) is 15.0. The summed E-state index contributed by atoms with van der Waals surface area (Å²) in [7, 11) is -1.27. The van der Waals surface area contributed by atoms with E-state index in [2.05, 4.69) is 10.8 Å². The van der Waals surface area contributed by atoms with E-state index in [-0.39, 0.29) is 18.3 Å².